The molecule has 6 nitrogen and oxygen atoms in total. The summed E-state index contributed by atoms with van der Waals surface area (Å²) in [6, 6.07) is 5.77. The predicted octanol–water partition coefficient (Wildman–Crippen LogP) is 3.07. The van der Waals surface area contributed by atoms with E-state index in [2.05, 4.69) is 29.4 Å². The highest BCUT2D eigenvalue weighted by Crippen LogP contribution is 2.31. The Morgan fingerprint density at radius 2 is 2.14 bits per heavy atom. The lowest BCUT2D eigenvalue weighted by Gasteiger charge is -2.14. The highest BCUT2D eigenvalue weighted by molar-refractivity contribution is 5.67. The monoisotopic (exact) mass is 289 g/mol. The second kappa shape index (κ2) is 7.06. The second-order valence-corrected chi connectivity index (χ2v) is 5.25. The van der Waals surface area contributed by atoms with E-state index in [1.165, 1.54) is 19.3 Å². The summed E-state index contributed by atoms with van der Waals surface area (Å²) in [5.74, 6) is 1.41. The number of tetrazole rings is 1. The Morgan fingerprint density at radius 3 is 2.86 bits per heavy atom. The first-order valence-electron chi connectivity index (χ1n) is 7.39. The van der Waals surface area contributed by atoms with Crippen LogP contribution in [0.4, 0.5) is 5.69 Å². The number of nitrogen functional groups attached to an aromatic ring is 1. The maximum atomic E-state index is 5.80. The number of aromatic nitrogens is 4. The van der Waals surface area contributed by atoms with E-state index in [9.17, 15) is 0 Å². The third-order valence-electron chi connectivity index (χ3n) is 3.60. The van der Waals surface area contributed by atoms with E-state index in [0.29, 0.717) is 11.4 Å². The summed E-state index contributed by atoms with van der Waals surface area (Å²) in [5.41, 5.74) is 7.32. The molecule has 2 aromatic rings. The van der Waals surface area contributed by atoms with Gasteiger partial charge in [-0.2, -0.15) is 0 Å². The number of nitrogens with two attached hydrogens (primary N) is 1. The van der Waals surface area contributed by atoms with Gasteiger partial charge in [0.2, 0.25) is 0 Å². The maximum absolute atomic E-state index is 5.80. The van der Waals surface area contributed by atoms with Gasteiger partial charge in [0.05, 0.1) is 18.7 Å². The number of nitrogens with zero attached hydrogens (tertiary/aromatic N) is 4. The molecule has 2 rings (SSSR count). The first-order chi connectivity index (χ1) is 10.2. The fraction of sp³-hybridized carbons (Fsp3) is 0.533. The molecule has 1 unspecified atom stereocenters. The van der Waals surface area contributed by atoms with Gasteiger partial charge in [0.15, 0.2) is 5.82 Å². The van der Waals surface area contributed by atoms with Crippen molar-refractivity contribution in [2.45, 2.75) is 45.6 Å². The zero-order valence-corrected chi connectivity index (χ0v) is 12.9. The molecular formula is C15H23N5O. The van der Waals surface area contributed by atoms with Gasteiger partial charge in [0.25, 0.3) is 0 Å². The fourth-order valence-corrected chi connectivity index (χ4v) is 2.37. The molecule has 0 spiro atoms. The van der Waals surface area contributed by atoms with Crippen molar-refractivity contribution in [2.24, 2.45) is 0 Å². The van der Waals surface area contributed by atoms with Crippen LogP contribution >= 0.6 is 0 Å². The average Bonchev–Trinajstić information content (AvgIpc) is 2.96. The van der Waals surface area contributed by atoms with Crippen LogP contribution < -0.4 is 10.5 Å². The molecule has 0 amide bonds. The lowest BCUT2D eigenvalue weighted by atomic mass is 10.1. The molecule has 0 saturated heterocycles. The average molecular weight is 289 g/mol. The van der Waals surface area contributed by atoms with Gasteiger partial charge < -0.3 is 10.5 Å². The molecule has 0 radical (unpaired) electrons. The van der Waals surface area contributed by atoms with Gasteiger partial charge in [-0.1, -0.05) is 26.2 Å². The summed E-state index contributed by atoms with van der Waals surface area (Å²) >= 11 is 0. The van der Waals surface area contributed by atoms with E-state index in [4.69, 9.17) is 10.5 Å². The molecule has 1 aromatic carbocycles. The van der Waals surface area contributed by atoms with Crippen LogP contribution in [-0.4, -0.2) is 27.3 Å². The lowest BCUT2D eigenvalue weighted by molar-refractivity contribution is 0.412. The van der Waals surface area contributed by atoms with E-state index in [-0.39, 0.29) is 6.04 Å². The topological polar surface area (TPSA) is 78.9 Å². The minimum absolute atomic E-state index is 0.254. The van der Waals surface area contributed by atoms with Crippen molar-refractivity contribution in [3.05, 3.63) is 18.2 Å². The molecule has 0 fully saturated rings. The normalized spacial score (nSPS) is 12.3. The molecule has 0 aliphatic carbocycles. The first kappa shape index (κ1) is 15.3. The SMILES string of the molecule is CCCCCC(C)n1nnnc1-c1ccc(N)cc1OC. The standard InChI is InChI=1S/C15H23N5O/c1-4-5-6-7-11(2)20-15(17-18-19-20)13-9-8-12(16)10-14(13)21-3/h8-11H,4-7,16H2,1-3H3. The number of rotatable bonds is 7. The summed E-state index contributed by atoms with van der Waals surface area (Å²) in [7, 11) is 1.62. The number of anilines is 1. The molecule has 1 aromatic heterocycles. The molecule has 0 saturated carbocycles. The van der Waals surface area contributed by atoms with Crippen molar-refractivity contribution in [3.63, 3.8) is 0 Å². The summed E-state index contributed by atoms with van der Waals surface area (Å²) in [6.45, 7) is 4.34. The Hall–Kier alpha value is -2.11. The van der Waals surface area contributed by atoms with E-state index in [0.717, 1.165) is 17.8 Å². The van der Waals surface area contributed by atoms with E-state index in [1.54, 1.807) is 13.2 Å². The van der Waals surface area contributed by atoms with Gasteiger partial charge in [-0.15, -0.1) is 5.10 Å². The maximum Gasteiger partial charge on any atom is 0.186 e. The van der Waals surface area contributed by atoms with E-state index in [1.807, 2.05) is 16.8 Å². The predicted molar refractivity (Wildman–Crippen MR) is 83.1 cm³/mol. The Morgan fingerprint density at radius 1 is 1.33 bits per heavy atom. The highest BCUT2D eigenvalue weighted by Gasteiger charge is 2.17. The van der Waals surface area contributed by atoms with Crippen molar-refractivity contribution in [3.8, 4) is 17.1 Å². The van der Waals surface area contributed by atoms with E-state index < -0.39 is 0 Å². The van der Waals surface area contributed by atoms with Gasteiger partial charge in [-0.3, -0.25) is 0 Å². The molecule has 114 valence electrons. The Labute approximate surface area is 125 Å². The molecule has 1 atom stereocenters. The molecule has 1 heterocycles. The molecule has 0 aliphatic heterocycles. The molecule has 0 bridgehead atoms. The van der Waals surface area contributed by atoms with Gasteiger partial charge in [0, 0.05) is 11.8 Å². The largest absolute Gasteiger partial charge is 0.496 e. The quantitative estimate of drug-likeness (QED) is 0.626. The van der Waals surface area contributed by atoms with Crippen LogP contribution in [0.1, 0.15) is 45.6 Å². The zero-order chi connectivity index (χ0) is 15.2. The van der Waals surface area contributed by atoms with Crippen molar-refractivity contribution in [2.75, 3.05) is 12.8 Å². The summed E-state index contributed by atoms with van der Waals surface area (Å²) in [6.07, 6.45) is 4.67. The third-order valence-corrected chi connectivity index (χ3v) is 3.60. The number of benzene rings is 1. The zero-order valence-electron chi connectivity index (χ0n) is 12.9. The minimum Gasteiger partial charge on any atom is -0.496 e. The molecule has 0 aliphatic rings. The Kier molecular flexibility index (Phi) is 5.14. The summed E-state index contributed by atoms with van der Waals surface area (Å²) in [5, 5.41) is 12.1. The van der Waals surface area contributed by atoms with Gasteiger partial charge >= 0.3 is 0 Å². The van der Waals surface area contributed by atoms with Gasteiger partial charge in [-0.05, 0) is 35.9 Å². The number of methoxy groups -OCH3 is 1. The van der Waals surface area contributed by atoms with Crippen LogP contribution in [0.15, 0.2) is 18.2 Å². The van der Waals surface area contributed by atoms with Gasteiger partial charge in [-0.25, -0.2) is 4.68 Å². The van der Waals surface area contributed by atoms with Crippen molar-refractivity contribution in [1.82, 2.24) is 20.2 Å². The van der Waals surface area contributed by atoms with Crippen LogP contribution in [0.3, 0.4) is 0 Å². The highest BCUT2D eigenvalue weighted by atomic mass is 16.5. The molecule has 6 heteroatoms. The van der Waals surface area contributed by atoms with Crippen LogP contribution in [-0.2, 0) is 0 Å². The smallest absolute Gasteiger partial charge is 0.186 e. The number of unbranched alkanes of at least 4 members (excludes halogenated alkanes) is 2. The molecule has 21 heavy (non-hydrogen) atoms. The summed E-state index contributed by atoms with van der Waals surface area (Å²) < 4.78 is 7.26. The number of ether oxygens (including phenoxy) is 1. The van der Waals surface area contributed by atoms with Crippen LogP contribution in [0.5, 0.6) is 5.75 Å². The Balaban J connectivity index is 2.27. The Bertz CT molecular complexity index is 581. The minimum atomic E-state index is 0.254. The lowest BCUT2D eigenvalue weighted by Crippen LogP contribution is -2.09. The van der Waals surface area contributed by atoms with Crippen LogP contribution in [0.2, 0.25) is 0 Å². The molecular weight excluding hydrogens is 266 g/mol. The number of hydrogen-bond donors (Lipinski definition) is 1. The van der Waals surface area contributed by atoms with Crippen molar-refractivity contribution < 1.29 is 4.74 Å². The second-order valence-electron chi connectivity index (χ2n) is 5.25. The van der Waals surface area contributed by atoms with E-state index >= 15 is 0 Å². The summed E-state index contributed by atoms with van der Waals surface area (Å²) in [4.78, 5) is 0. The molecule has 2 N–H and O–H groups in total. The number of hydrogen-bond acceptors (Lipinski definition) is 5. The first-order valence-corrected chi connectivity index (χ1v) is 7.39. The fourth-order valence-electron chi connectivity index (χ4n) is 2.37. The van der Waals surface area contributed by atoms with Gasteiger partial charge in [0.1, 0.15) is 5.75 Å². The van der Waals surface area contributed by atoms with Crippen molar-refractivity contribution in [1.29, 1.82) is 0 Å². The van der Waals surface area contributed by atoms with Crippen molar-refractivity contribution >= 4 is 5.69 Å². The third kappa shape index (κ3) is 3.51. The van der Waals surface area contributed by atoms with Crippen LogP contribution in [0, 0.1) is 0 Å². The van der Waals surface area contributed by atoms with Crippen LogP contribution in [0.25, 0.3) is 11.4 Å².